The number of carbonyl (C=O) groups is 1. The van der Waals surface area contributed by atoms with Crippen LogP contribution in [0.4, 0.5) is 11.4 Å². The number of carbonyl (C=O) groups excluding carboxylic acids is 1. The minimum Gasteiger partial charge on any atom is -0.399 e. The normalized spacial score (nSPS) is 10.5. The Bertz CT molecular complexity index is 773. The van der Waals surface area contributed by atoms with Crippen molar-refractivity contribution in [2.45, 2.75) is 6.42 Å². The minimum atomic E-state index is -0.0314. The van der Waals surface area contributed by atoms with E-state index in [1.54, 1.807) is 24.3 Å². The number of fused-ring (bicyclic) bond motifs is 1. The molecule has 0 aromatic heterocycles. The number of anilines is 2. The number of nitrogens with two attached hydrogens (primary N) is 1. The molecule has 0 spiro atoms. The van der Waals surface area contributed by atoms with Crippen LogP contribution in [0.2, 0.25) is 0 Å². The fourth-order valence-electron chi connectivity index (χ4n) is 2.39. The fraction of sp³-hybridized carbons (Fsp3) is 0.0556. The number of hydrogen-bond acceptors (Lipinski definition) is 2. The fourth-order valence-corrected chi connectivity index (χ4v) is 2.39. The summed E-state index contributed by atoms with van der Waals surface area (Å²) in [6, 6.07) is 21.3. The number of amides is 1. The molecule has 0 radical (unpaired) electrons. The summed E-state index contributed by atoms with van der Waals surface area (Å²) in [6.07, 6.45) is 0.353. The van der Waals surface area contributed by atoms with Crippen molar-refractivity contribution in [3.8, 4) is 0 Å². The molecule has 0 heterocycles. The van der Waals surface area contributed by atoms with Gasteiger partial charge in [0, 0.05) is 11.4 Å². The Balaban J connectivity index is 1.79. The van der Waals surface area contributed by atoms with Gasteiger partial charge in [-0.15, -0.1) is 0 Å². The molecule has 104 valence electrons. The van der Waals surface area contributed by atoms with E-state index in [4.69, 9.17) is 5.73 Å². The van der Waals surface area contributed by atoms with Gasteiger partial charge in [-0.3, -0.25) is 4.79 Å². The molecular weight excluding hydrogens is 260 g/mol. The topological polar surface area (TPSA) is 55.1 Å². The molecule has 0 saturated carbocycles. The summed E-state index contributed by atoms with van der Waals surface area (Å²) in [5.41, 5.74) is 8.10. The summed E-state index contributed by atoms with van der Waals surface area (Å²) in [6.45, 7) is 0. The van der Waals surface area contributed by atoms with Crippen LogP contribution in [0.1, 0.15) is 5.56 Å². The second kappa shape index (κ2) is 5.67. The minimum absolute atomic E-state index is 0.0314. The van der Waals surface area contributed by atoms with E-state index in [2.05, 4.69) is 17.4 Å². The van der Waals surface area contributed by atoms with Gasteiger partial charge in [0.25, 0.3) is 0 Å². The Morgan fingerprint density at radius 2 is 1.62 bits per heavy atom. The van der Waals surface area contributed by atoms with E-state index < -0.39 is 0 Å². The lowest BCUT2D eigenvalue weighted by Crippen LogP contribution is -2.14. The van der Waals surface area contributed by atoms with Crippen molar-refractivity contribution >= 4 is 28.1 Å². The molecule has 0 saturated heterocycles. The van der Waals surface area contributed by atoms with Crippen LogP contribution in [0, 0.1) is 0 Å². The molecule has 1 amide bonds. The van der Waals surface area contributed by atoms with Crippen molar-refractivity contribution in [2.75, 3.05) is 11.1 Å². The summed E-state index contributed by atoms with van der Waals surface area (Å²) in [4.78, 5) is 12.2. The zero-order valence-electron chi connectivity index (χ0n) is 11.5. The lowest BCUT2D eigenvalue weighted by atomic mass is 10.0. The molecular formula is C18H16N2O. The largest absolute Gasteiger partial charge is 0.399 e. The van der Waals surface area contributed by atoms with Crippen molar-refractivity contribution < 1.29 is 4.79 Å². The van der Waals surface area contributed by atoms with Crippen molar-refractivity contribution in [1.82, 2.24) is 0 Å². The third-order valence-corrected chi connectivity index (χ3v) is 3.43. The van der Waals surface area contributed by atoms with Crippen LogP contribution in [0.15, 0.2) is 66.7 Å². The highest BCUT2D eigenvalue weighted by atomic mass is 16.1. The van der Waals surface area contributed by atoms with E-state index in [1.807, 2.05) is 30.3 Å². The van der Waals surface area contributed by atoms with E-state index in [1.165, 1.54) is 0 Å². The van der Waals surface area contributed by atoms with Gasteiger partial charge in [0.1, 0.15) is 0 Å². The first-order valence-electron chi connectivity index (χ1n) is 6.84. The summed E-state index contributed by atoms with van der Waals surface area (Å²) in [7, 11) is 0. The van der Waals surface area contributed by atoms with Gasteiger partial charge >= 0.3 is 0 Å². The molecule has 21 heavy (non-hydrogen) atoms. The lowest BCUT2D eigenvalue weighted by molar-refractivity contribution is -0.115. The molecule has 0 unspecified atom stereocenters. The quantitative estimate of drug-likeness (QED) is 0.718. The van der Waals surface area contributed by atoms with E-state index >= 15 is 0 Å². The number of nitrogens with one attached hydrogen (secondary N) is 1. The first-order valence-corrected chi connectivity index (χ1v) is 6.84. The molecule has 0 fully saturated rings. The summed E-state index contributed by atoms with van der Waals surface area (Å²) < 4.78 is 0. The smallest absolute Gasteiger partial charge is 0.228 e. The van der Waals surface area contributed by atoms with Gasteiger partial charge in [-0.2, -0.15) is 0 Å². The standard InChI is InChI=1S/C18H16N2O/c19-15-8-10-16(11-9-15)20-18(21)12-14-6-3-5-13-4-1-2-7-17(13)14/h1-11H,12,19H2,(H,20,21). The molecule has 0 aliphatic carbocycles. The van der Waals surface area contributed by atoms with Crippen LogP contribution in [0.3, 0.4) is 0 Å². The summed E-state index contributed by atoms with van der Waals surface area (Å²) in [5.74, 6) is -0.0314. The molecule has 0 bridgehead atoms. The zero-order chi connectivity index (χ0) is 14.7. The van der Waals surface area contributed by atoms with Crippen LogP contribution in [0.5, 0.6) is 0 Å². The number of hydrogen-bond donors (Lipinski definition) is 2. The predicted molar refractivity (Wildman–Crippen MR) is 87.1 cm³/mol. The molecule has 0 aliphatic rings. The highest BCUT2D eigenvalue weighted by Crippen LogP contribution is 2.19. The summed E-state index contributed by atoms with van der Waals surface area (Å²) >= 11 is 0. The van der Waals surface area contributed by atoms with Crippen LogP contribution < -0.4 is 11.1 Å². The van der Waals surface area contributed by atoms with Crippen molar-refractivity contribution in [2.24, 2.45) is 0 Å². The van der Waals surface area contributed by atoms with Crippen LogP contribution in [-0.2, 0) is 11.2 Å². The molecule has 0 aliphatic heterocycles. The second-order valence-electron chi connectivity index (χ2n) is 4.99. The van der Waals surface area contributed by atoms with Crippen molar-refractivity contribution in [3.05, 3.63) is 72.3 Å². The molecule has 3 N–H and O–H groups in total. The maximum absolute atomic E-state index is 12.2. The highest BCUT2D eigenvalue weighted by molar-refractivity contribution is 5.96. The van der Waals surface area contributed by atoms with Gasteiger partial charge < -0.3 is 11.1 Å². The van der Waals surface area contributed by atoms with Gasteiger partial charge in [0.05, 0.1) is 6.42 Å². The molecule has 3 aromatic carbocycles. The Morgan fingerprint density at radius 3 is 2.43 bits per heavy atom. The maximum atomic E-state index is 12.2. The van der Waals surface area contributed by atoms with Gasteiger partial charge in [-0.25, -0.2) is 0 Å². The van der Waals surface area contributed by atoms with Crippen LogP contribution in [-0.4, -0.2) is 5.91 Å². The Labute approximate surface area is 123 Å². The van der Waals surface area contributed by atoms with Crippen molar-refractivity contribution in [3.63, 3.8) is 0 Å². The second-order valence-corrected chi connectivity index (χ2v) is 4.99. The summed E-state index contributed by atoms with van der Waals surface area (Å²) in [5, 5.41) is 5.15. The lowest BCUT2D eigenvalue weighted by Gasteiger charge is -2.08. The Kier molecular flexibility index (Phi) is 3.56. The zero-order valence-corrected chi connectivity index (χ0v) is 11.5. The van der Waals surface area contributed by atoms with Crippen LogP contribution >= 0.6 is 0 Å². The van der Waals surface area contributed by atoms with Crippen LogP contribution in [0.25, 0.3) is 10.8 Å². The van der Waals surface area contributed by atoms with Gasteiger partial charge in [0.2, 0.25) is 5.91 Å². The van der Waals surface area contributed by atoms with E-state index in [0.29, 0.717) is 12.1 Å². The van der Waals surface area contributed by atoms with Crippen molar-refractivity contribution in [1.29, 1.82) is 0 Å². The van der Waals surface area contributed by atoms with Gasteiger partial charge in [-0.1, -0.05) is 42.5 Å². The molecule has 3 nitrogen and oxygen atoms in total. The number of rotatable bonds is 3. The molecule has 3 aromatic rings. The third-order valence-electron chi connectivity index (χ3n) is 3.43. The first-order chi connectivity index (χ1) is 10.2. The third kappa shape index (κ3) is 3.03. The monoisotopic (exact) mass is 276 g/mol. The predicted octanol–water partition coefficient (Wildman–Crippen LogP) is 3.60. The number of benzene rings is 3. The van der Waals surface area contributed by atoms with Gasteiger partial charge in [-0.05, 0) is 40.6 Å². The van der Waals surface area contributed by atoms with E-state index in [0.717, 1.165) is 22.0 Å². The Hall–Kier alpha value is -2.81. The first kappa shape index (κ1) is 13.2. The average molecular weight is 276 g/mol. The highest BCUT2D eigenvalue weighted by Gasteiger charge is 2.07. The van der Waals surface area contributed by atoms with E-state index in [9.17, 15) is 4.79 Å². The number of nitrogen functional groups attached to an aromatic ring is 1. The van der Waals surface area contributed by atoms with Gasteiger partial charge in [0.15, 0.2) is 0 Å². The Morgan fingerprint density at radius 1 is 0.905 bits per heavy atom. The molecule has 3 rings (SSSR count). The molecule has 3 heteroatoms. The maximum Gasteiger partial charge on any atom is 0.228 e. The molecule has 0 atom stereocenters. The van der Waals surface area contributed by atoms with E-state index in [-0.39, 0.29) is 5.91 Å². The SMILES string of the molecule is Nc1ccc(NC(=O)Cc2cccc3ccccc23)cc1. The average Bonchev–Trinajstić information content (AvgIpc) is 2.50.